The fourth-order valence-electron chi connectivity index (χ4n) is 1.76. The molecule has 0 radical (unpaired) electrons. The minimum atomic E-state index is -0.420. The van der Waals surface area contributed by atoms with E-state index in [9.17, 15) is 4.39 Å². The predicted molar refractivity (Wildman–Crippen MR) is 74.6 cm³/mol. The average Bonchev–Trinajstić information content (AvgIpc) is 2.42. The van der Waals surface area contributed by atoms with Gasteiger partial charge in [-0.05, 0) is 48.9 Å². The average molecular weight is 275 g/mol. The van der Waals surface area contributed by atoms with Crippen LogP contribution in [0.2, 0.25) is 5.02 Å². The second kappa shape index (κ2) is 5.73. The summed E-state index contributed by atoms with van der Waals surface area (Å²) in [5.74, 6) is -0.420. The van der Waals surface area contributed by atoms with Crippen molar-refractivity contribution in [1.29, 1.82) is 5.26 Å². The van der Waals surface area contributed by atoms with Gasteiger partial charge in [-0.15, -0.1) is 0 Å². The number of nitrogens with zero attached hydrogens (tertiary/aromatic N) is 1. The van der Waals surface area contributed by atoms with Crippen LogP contribution in [0.3, 0.4) is 0 Å². The van der Waals surface area contributed by atoms with E-state index in [-0.39, 0.29) is 11.1 Å². The first-order chi connectivity index (χ1) is 9.10. The smallest absolute Gasteiger partial charge is 0.141 e. The Morgan fingerprint density at radius 1 is 1.21 bits per heavy atom. The molecule has 0 bridgehead atoms. The Hall–Kier alpha value is -2.05. The molecule has 1 unspecified atom stereocenters. The van der Waals surface area contributed by atoms with Crippen LogP contribution in [0, 0.1) is 17.1 Å². The van der Waals surface area contributed by atoms with Gasteiger partial charge in [0.25, 0.3) is 0 Å². The lowest BCUT2D eigenvalue weighted by molar-refractivity contribution is 0.627. The highest BCUT2D eigenvalue weighted by Gasteiger charge is 2.08. The largest absolute Gasteiger partial charge is 0.379 e. The Labute approximate surface area is 116 Å². The van der Waals surface area contributed by atoms with Gasteiger partial charge in [0, 0.05) is 11.7 Å². The highest BCUT2D eigenvalue weighted by Crippen LogP contribution is 2.23. The number of nitriles is 1. The minimum Gasteiger partial charge on any atom is -0.379 e. The van der Waals surface area contributed by atoms with Gasteiger partial charge in [-0.2, -0.15) is 5.26 Å². The molecular weight excluding hydrogens is 263 g/mol. The summed E-state index contributed by atoms with van der Waals surface area (Å²) in [6, 6.07) is 13.9. The van der Waals surface area contributed by atoms with Crippen molar-refractivity contribution in [2.45, 2.75) is 13.0 Å². The molecule has 0 aliphatic carbocycles. The van der Waals surface area contributed by atoms with E-state index in [1.54, 1.807) is 24.3 Å². The van der Waals surface area contributed by atoms with Gasteiger partial charge in [-0.1, -0.05) is 17.7 Å². The van der Waals surface area contributed by atoms with E-state index < -0.39 is 5.82 Å². The molecule has 1 atom stereocenters. The van der Waals surface area contributed by atoms with Gasteiger partial charge in [0.1, 0.15) is 5.82 Å². The molecule has 0 saturated carbocycles. The fraction of sp³-hybridized carbons (Fsp3) is 0.133. The molecule has 0 saturated heterocycles. The van der Waals surface area contributed by atoms with Crippen LogP contribution < -0.4 is 5.32 Å². The molecule has 0 aliphatic heterocycles. The summed E-state index contributed by atoms with van der Waals surface area (Å²) in [7, 11) is 0. The highest BCUT2D eigenvalue weighted by atomic mass is 35.5. The van der Waals surface area contributed by atoms with E-state index in [4.69, 9.17) is 16.9 Å². The normalized spacial score (nSPS) is 11.7. The van der Waals surface area contributed by atoms with Crippen LogP contribution >= 0.6 is 11.6 Å². The van der Waals surface area contributed by atoms with Crippen LogP contribution in [-0.2, 0) is 0 Å². The van der Waals surface area contributed by atoms with E-state index in [0.717, 1.165) is 11.3 Å². The number of halogens is 2. The van der Waals surface area contributed by atoms with Gasteiger partial charge in [0.2, 0.25) is 0 Å². The molecule has 0 spiro atoms. The molecule has 96 valence electrons. The lowest BCUT2D eigenvalue weighted by Crippen LogP contribution is -2.06. The van der Waals surface area contributed by atoms with Gasteiger partial charge in [-0.3, -0.25) is 0 Å². The number of rotatable bonds is 3. The van der Waals surface area contributed by atoms with E-state index in [1.165, 1.54) is 6.07 Å². The second-order valence-electron chi connectivity index (χ2n) is 4.23. The summed E-state index contributed by atoms with van der Waals surface area (Å²) in [6.45, 7) is 1.96. The Morgan fingerprint density at radius 3 is 2.47 bits per heavy atom. The molecule has 4 heteroatoms. The zero-order valence-corrected chi connectivity index (χ0v) is 11.1. The van der Waals surface area contributed by atoms with Crippen molar-refractivity contribution in [2.24, 2.45) is 0 Å². The SMILES string of the molecule is CC(Nc1ccc(C#N)cc1)c1ccc(F)c(Cl)c1. The minimum absolute atomic E-state index is 0.00830. The summed E-state index contributed by atoms with van der Waals surface area (Å²) >= 11 is 5.76. The van der Waals surface area contributed by atoms with Crippen LogP contribution in [-0.4, -0.2) is 0 Å². The summed E-state index contributed by atoms with van der Waals surface area (Å²) < 4.78 is 13.1. The highest BCUT2D eigenvalue weighted by molar-refractivity contribution is 6.30. The molecule has 0 amide bonds. The number of benzene rings is 2. The van der Waals surface area contributed by atoms with Gasteiger partial charge in [0.15, 0.2) is 0 Å². The first-order valence-corrected chi connectivity index (χ1v) is 6.19. The molecule has 1 N–H and O–H groups in total. The summed E-state index contributed by atoms with van der Waals surface area (Å²) in [5.41, 5.74) is 2.41. The Morgan fingerprint density at radius 2 is 1.89 bits per heavy atom. The van der Waals surface area contributed by atoms with Crippen molar-refractivity contribution < 1.29 is 4.39 Å². The van der Waals surface area contributed by atoms with Crippen LogP contribution in [0.4, 0.5) is 10.1 Å². The topological polar surface area (TPSA) is 35.8 Å². The molecule has 2 rings (SSSR count). The van der Waals surface area contributed by atoms with Crippen molar-refractivity contribution in [3.05, 3.63) is 64.4 Å². The van der Waals surface area contributed by atoms with E-state index in [0.29, 0.717) is 5.56 Å². The number of nitrogens with one attached hydrogen (secondary N) is 1. The van der Waals surface area contributed by atoms with Crippen molar-refractivity contribution in [2.75, 3.05) is 5.32 Å². The van der Waals surface area contributed by atoms with Gasteiger partial charge in [0.05, 0.1) is 16.7 Å². The fourth-order valence-corrected chi connectivity index (χ4v) is 1.95. The molecule has 0 fully saturated rings. The van der Waals surface area contributed by atoms with Crippen molar-refractivity contribution in [3.63, 3.8) is 0 Å². The summed E-state index contributed by atoms with van der Waals surface area (Å²) in [6.07, 6.45) is 0. The predicted octanol–water partition coefficient (Wildman–Crippen LogP) is 4.52. The van der Waals surface area contributed by atoms with Crippen LogP contribution in [0.5, 0.6) is 0 Å². The summed E-state index contributed by atoms with van der Waals surface area (Å²) in [5, 5.41) is 12.1. The van der Waals surface area contributed by atoms with Crippen molar-refractivity contribution >= 4 is 17.3 Å². The monoisotopic (exact) mass is 274 g/mol. The zero-order valence-electron chi connectivity index (χ0n) is 10.3. The Balaban J connectivity index is 2.13. The Bertz CT molecular complexity index is 617. The zero-order chi connectivity index (χ0) is 13.8. The molecule has 2 aromatic rings. The number of hydrogen-bond acceptors (Lipinski definition) is 2. The molecule has 2 nitrogen and oxygen atoms in total. The van der Waals surface area contributed by atoms with Crippen LogP contribution in [0.25, 0.3) is 0 Å². The second-order valence-corrected chi connectivity index (χ2v) is 4.64. The van der Waals surface area contributed by atoms with E-state index in [1.807, 2.05) is 19.1 Å². The summed E-state index contributed by atoms with van der Waals surface area (Å²) in [4.78, 5) is 0. The maximum atomic E-state index is 13.1. The lowest BCUT2D eigenvalue weighted by atomic mass is 10.1. The van der Waals surface area contributed by atoms with E-state index in [2.05, 4.69) is 11.4 Å². The van der Waals surface area contributed by atoms with Crippen molar-refractivity contribution in [1.82, 2.24) is 0 Å². The molecule has 2 aromatic carbocycles. The first kappa shape index (κ1) is 13.4. The van der Waals surface area contributed by atoms with Gasteiger partial charge in [-0.25, -0.2) is 4.39 Å². The third-order valence-corrected chi connectivity index (χ3v) is 3.13. The van der Waals surface area contributed by atoms with Crippen LogP contribution in [0.15, 0.2) is 42.5 Å². The number of hydrogen-bond donors (Lipinski definition) is 1. The standard InChI is InChI=1S/C15H12ClFN2/c1-10(12-4-7-15(17)14(16)8-12)19-13-5-2-11(9-18)3-6-13/h2-8,10,19H,1H3. The first-order valence-electron chi connectivity index (χ1n) is 5.82. The number of anilines is 1. The quantitative estimate of drug-likeness (QED) is 0.893. The maximum Gasteiger partial charge on any atom is 0.141 e. The van der Waals surface area contributed by atoms with Crippen LogP contribution in [0.1, 0.15) is 24.1 Å². The Kier molecular flexibility index (Phi) is 4.03. The van der Waals surface area contributed by atoms with Crippen molar-refractivity contribution in [3.8, 4) is 6.07 Å². The maximum absolute atomic E-state index is 13.1. The third-order valence-electron chi connectivity index (χ3n) is 2.84. The van der Waals surface area contributed by atoms with Gasteiger partial charge < -0.3 is 5.32 Å². The lowest BCUT2D eigenvalue weighted by Gasteiger charge is -2.16. The third kappa shape index (κ3) is 3.24. The van der Waals surface area contributed by atoms with Gasteiger partial charge >= 0.3 is 0 Å². The van der Waals surface area contributed by atoms with E-state index >= 15 is 0 Å². The molecule has 0 aliphatic rings. The molecular formula is C15H12ClFN2. The molecule has 19 heavy (non-hydrogen) atoms. The molecule has 0 heterocycles. The molecule has 0 aromatic heterocycles.